The van der Waals surface area contributed by atoms with Gasteiger partial charge in [0.2, 0.25) is 0 Å². The fourth-order valence-corrected chi connectivity index (χ4v) is 1.85. The highest BCUT2D eigenvalue weighted by Gasteiger charge is 2.03. The molecule has 108 valence electrons. The highest BCUT2D eigenvalue weighted by molar-refractivity contribution is 5.85. The molecule has 0 unspecified atom stereocenters. The number of hydrogen-bond acceptors (Lipinski definition) is 3. The number of carbonyl (C=O) groups is 1. The zero-order valence-electron chi connectivity index (χ0n) is 11.7. The average Bonchev–Trinajstić information content (AvgIpc) is 2.51. The van der Waals surface area contributed by atoms with Crippen molar-refractivity contribution in [3.8, 4) is 11.5 Å². The summed E-state index contributed by atoms with van der Waals surface area (Å²) in [5.41, 5.74) is 1.77. The third-order valence-corrected chi connectivity index (χ3v) is 2.83. The Kier molecular flexibility index (Phi) is 4.99. The van der Waals surface area contributed by atoms with Crippen LogP contribution in [0.2, 0.25) is 0 Å². The zero-order valence-corrected chi connectivity index (χ0v) is 11.7. The lowest BCUT2D eigenvalue weighted by Crippen LogP contribution is -1.97. The van der Waals surface area contributed by atoms with Gasteiger partial charge in [0, 0.05) is 6.08 Å². The minimum atomic E-state index is -0.967. The van der Waals surface area contributed by atoms with E-state index in [1.165, 1.54) is 0 Å². The quantitative estimate of drug-likeness (QED) is 0.826. The summed E-state index contributed by atoms with van der Waals surface area (Å²) in [6, 6.07) is 14.9. The number of carboxylic acids is 1. The van der Waals surface area contributed by atoms with Gasteiger partial charge < -0.3 is 14.6 Å². The van der Waals surface area contributed by atoms with Crippen molar-refractivity contribution < 1.29 is 19.4 Å². The van der Waals surface area contributed by atoms with E-state index in [1.54, 1.807) is 13.2 Å². The van der Waals surface area contributed by atoms with Gasteiger partial charge in [0.1, 0.15) is 6.61 Å². The van der Waals surface area contributed by atoms with Gasteiger partial charge in [-0.1, -0.05) is 30.3 Å². The summed E-state index contributed by atoms with van der Waals surface area (Å²) < 4.78 is 11.0. The summed E-state index contributed by atoms with van der Waals surface area (Å²) in [6.45, 7) is 0.384. The molecule has 0 aromatic heterocycles. The molecule has 0 fully saturated rings. The summed E-state index contributed by atoms with van der Waals surface area (Å²) in [4.78, 5) is 10.5. The van der Waals surface area contributed by atoms with Gasteiger partial charge in [0.05, 0.1) is 7.11 Å². The Balaban J connectivity index is 2.06. The Morgan fingerprint density at radius 1 is 1.14 bits per heavy atom. The van der Waals surface area contributed by atoms with E-state index >= 15 is 0 Å². The van der Waals surface area contributed by atoms with Crippen molar-refractivity contribution in [3.63, 3.8) is 0 Å². The Hall–Kier alpha value is -2.75. The smallest absolute Gasteiger partial charge is 0.328 e. The van der Waals surface area contributed by atoms with Crippen molar-refractivity contribution in [1.82, 2.24) is 0 Å². The second-order valence-electron chi connectivity index (χ2n) is 4.36. The lowest BCUT2D eigenvalue weighted by Gasteiger charge is -2.10. The minimum Gasteiger partial charge on any atom is -0.493 e. The maximum absolute atomic E-state index is 10.5. The molecular weight excluding hydrogens is 268 g/mol. The van der Waals surface area contributed by atoms with E-state index in [4.69, 9.17) is 14.6 Å². The molecule has 1 N–H and O–H groups in total. The first-order valence-electron chi connectivity index (χ1n) is 6.45. The van der Waals surface area contributed by atoms with Gasteiger partial charge in [-0.3, -0.25) is 0 Å². The summed E-state index contributed by atoms with van der Waals surface area (Å²) in [6.07, 6.45) is 2.66. The third kappa shape index (κ3) is 4.38. The number of ether oxygens (including phenoxy) is 2. The van der Waals surface area contributed by atoms with Crippen LogP contribution in [0.25, 0.3) is 6.08 Å². The molecule has 0 bridgehead atoms. The van der Waals surface area contributed by atoms with E-state index < -0.39 is 5.97 Å². The van der Waals surface area contributed by atoms with Gasteiger partial charge in [-0.25, -0.2) is 4.79 Å². The first-order chi connectivity index (χ1) is 10.2. The van der Waals surface area contributed by atoms with Crippen molar-refractivity contribution in [1.29, 1.82) is 0 Å². The normalized spacial score (nSPS) is 10.5. The molecule has 0 atom stereocenters. The van der Waals surface area contributed by atoms with Crippen molar-refractivity contribution in [2.45, 2.75) is 6.61 Å². The molecule has 0 aliphatic heterocycles. The number of aliphatic carboxylic acids is 1. The van der Waals surface area contributed by atoms with Crippen LogP contribution >= 0.6 is 0 Å². The number of hydrogen-bond donors (Lipinski definition) is 1. The molecule has 0 heterocycles. The predicted octanol–water partition coefficient (Wildman–Crippen LogP) is 3.37. The average molecular weight is 284 g/mol. The minimum absolute atomic E-state index is 0.384. The summed E-state index contributed by atoms with van der Waals surface area (Å²) in [7, 11) is 1.60. The zero-order chi connectivity index (χ0) is 15.1. The number of methoxy groups -OCH3 is 1. The molecular formula is C17H16O4. The van der Waals surface area contributed by atoms with Gasteiger partial charge in [-0.05, 0) is 35.4 Å². The van der Waals surface area contributed by atoms with Crippen LogP contribution in [0.4, 0.5) is 0 Å². The van der Waals surface area contributed by atoms with Gasteiger partial charge in [0.25, 0.3) is 0 Å². The molecule has 0 aliphatic rings. The summed E-state index contributed by atoms with van der Waals surface area (Å²) >= 11 is 0. The summed E-state index contributed by atoms with van der Waals surface area (Å²) in [5, 5.41) is 8.63. The lowest BCUT2D eigenvalue weighted by atomic mass is 10.1. The number of rotatable bonds is 6. The van der Waals surface area contributed by atoms with E-state index in [9.17, 15) is 4.79 Å². The molecule has 4 heteroatoms. The lowest BCUT2D eigenvalue weighted by molar-refractivity contribution is -0.131. The van der Waals surface area contributed by atoms with Crippen LogP contribution in [0.5, 0.6) is 11.5 Å². The molecule has 0 spiro atoms. The van der Waals surface area contributed by atoms with Gasteiger partial charge in [-0.15, -0.1) is 0 Å². The maximum Gasteiger partial charge on any atom is 0.328 e. The van der Waals surface area contributed by atoms with Crippen LogP contribution in [0, 0.1) is 0 Å². The molecule has 0 saturated heterocycles. The van der Waals surface area contributed by atoms with Crippen LogP contribution in [0.1, 0.15) is 11.1 Å². The molecule has 2 aromatic carbocycles. The van der Waals surface area contributed by atoms with Crippen molar-refractivity contribution >= 4 is 12.0 Å². The molecule has 0 aliphatic carbocycles. The Labute approximate surface area is 123 Å². The van der Waals surface area contributed by atoms with E-state index in [1.807, 2.05) is 48.5 Å². The Morgan fingerprint density at radius 3 is 2.62 bits per heavy atom. The Morgan fingerprint density at radius 2 is 1.90 bits per heavy atom. The molecule has 0 saturated carbocycles. The number of carboxylic acid groups (broad SMARTS) is 1. The van der Waals surface area contributed by atoms with E-state index in [0.29, 0.717) is 18.1 Å². The van der Waals surface area contributed by atoms with Crippen LogP contribution < -0.4 is 9.47 Å². The first-order valence-corrected chi connectivity index (χ1v) is 6.45. The molecule has 21 heavy (non-hydrogen) atoms. The second-order valence-corrected chi connectivity index (χ2v) is 4.36. The fourth-order valence-electron chi connectivity index (χ4n) is 1.85. The van der Waals surface area contributed by atoms with E-state index in [-0.39, 0.29) is 0 Å². The molecule has 0 radical (unpaired) electrons. The van der Waals surface area contributed by atoms with Crippen LogP contribution in [0.3, 0.4) is 0 Å². The predicted molar refractivity (Wildman–Crippen MR) is 80.4 cm³/mol. The maximum atomic E-state index is 10.5. The van der Waals surface area contributed by atoms with E-state index in [2.05, 4.69) is 0 Å². The number of para-hydroxylation sites is 2. The van der Waals surface area contributed by atoms with Gasteiger partial charge >= 0.3 is 5.97 Å². The van der Waals surface area contributed by atoms with Gasteiger partial charge in [-0.2, -0.15) is 0 Å². The van der Waals surface area contributed by atoms with Crippen LogP contribution in [0.15, 0.2) is 54.6 Å². The summed E-state index contributed by atoms with van der Waals surface area (Å²) in [5.74, 6) is 0.386. The second kappa shape index (κ2) is 7.14. The fraction of sp³-hybridized carbons (Fsp3) is 0.118. The van der Waals surface area contributed by atoms with Gasteiger partial charge in [0.15, 0.2) is 11.5 Å². The highest BCUT2D eigenvalue weighted by atomic mass is 16.5. The molecule has 4 nitrogen and oxygen atoms in total. The van der Waals surface area contributed by atoms with Crippen LogP contribution in [-0.2, 0) is 11.4 Å². The monoisotopic (exact) mass is 284 g/mol. The topological polar surface area (TPSA) is 55.8 Å². The largest absolute Gasteiger partial charge is 0.493 e. The molecule has 0 amide bonds. The standard InChI is InChI=1S/C17H16O4/c1-20-15-7-2-3-8-16(15)21-12-14-6-4-5-13(11-14)9-10-17(18)19/h2-11H,12H2,1H3,(H,18,19)/b10-9+. The highest BCUT2D eigenvalue weighted by Crippen LogP contribution is 2.26. The molecule has 2 aromatic rings. The van der Waals surface area contributed by atoms with Crippen molar-refractivity contribution in [2.75, 3.05) is 7.11 Å². The van der Waals surface area contributed by atoms with Crippen molar-refractivity contribution in [2.24, 2.45) is 0 Å². The molecule has 2 rings (SSSR count). The first kappa shape index (κ1) is 14.7. The van der Waals surface area contributed by atoms with Crippen molar-refractivity contribution in [3.05, 3.63) is 65.7 Å². The SMILES string of the molecule is COc1ccccc1OCc1cccc(/C=C/C(=O)O)c1. The van der Waals surface area contributed by atoms with Crippen LogP contribution in [-0.4, -0.2) is 18.2 Å². The van der Waals surface area contributed by atoms with E-state index in [0.717, 1.165) is 17.2 Å². The third-order valence-electron chi connectivity index (χ3n) is 2.83. The number of benzene rings is 2. The Bertz CT molecular complexity index is 647.